The fourth-order valence-corrected chi connectivity index (χ4v) is 5.75. The molecule has 6 nitrogen and oxygen atoms in total. The van der Waals surface area contributed by atoms with E-state index in [-0.39, 0.29) is 16.2 Å². The number of thiophene rings is 1. The summed E-state index contributed by atoms with van der Waals surface area (Å²) in [5.74, 6) is -0.355. The van der Waals surface area contributed by atoms with Crippen LogP contribution in [-0.4, -0.2) is 44.9 Å². The highest BCUT2D eigenvalue weighted by molar-refractivity contribution is 7.91. The maximum Gasteiger partial charge on any atom is 0.250 e. The molecule has 2 aromatic rings. The van der Waals surface area contributed by atoms with Crippen LogP contribution in [0.2, 0.25) is 5.02 Å². The maximum absolute atomic E-state index is 12.5. The first-order chi connectivity index (χ1) is 13.4. The van der Waals surface area contributed by atoms with Crippen LogP contribution in [0.4, 0.5) is 0 Å². The van der Waals surface area contributed by atoms with Crippen molar-refractivity contribution in [1.29, 1.82) is 0 Å². The van der Waals surface area contributed by atoms with Crippen molar-refractivity contribution in [2.45, 2.75) is 36.1 Å². The van der Waals surface area contributed by atoms with Crippen molar-refractivity contribution in [3.05, 3.63) is 52.4 Å². The second kappa shape index (κ2) is 9.37. The van der Waals surface area contributed by atoms with E-state index in [1.807, 2.05) is 24.3 Å². The molecule has 1 fully saturated rings. The summed E-state index contributed by atoms with van der Waals surface area (Å²) in [5.41, 5.74) is 1.04. The number of halogens is 1. The van der Waals surface area contributed by atoms with Gasteiger partial charge in [-0.25, -0.2) is 8.42 Å². The van der Waals surface area contributed by atoms with Gasteiger partial charge in [-0.3, -0.25) is 9.69 Å². The van der Waals surface area contributed by atoms with E-state index in [9.17, 15) is 13.2 Å². The van der Waals surface area contributed by atoms with Crippen LogP contribution in [0.15, 0.2) is 46.0 Å². The smallest absolute Gasteiger partial charge is 0.250 e. The van der Waals surface area contributed by atoms with Gasteiger partial charge >= 0.3 is 0 Å². The molecule has 1 aliphatic rings. The molecule has 9 heteroatoms. The summed E-state index contributed by atoms with van der Waals surface area (Å²) in [6.45, 7) is 3.87. The third-order valence-electron chi connectivity index (χ3n) is 4.77. The molecule has 2 unspecified atom stereocenters. The monoisotopic (exact) mass is 441 g/mol. The number of hydrogen-bond donors (Lipinski definition) is 2. The first-order valence-corrected chi connectivity index (χ1v) is 11.9. The Kier molecular flexibility index (Phi) is 7.11. The largest absolute Gasteiger partial charge is 0.353 e. The van der Waals surface area contributed by atoms with Crippen molar-refractivity contribution in [3.63, 3.8) is 0 Å². The van der Waals surface area contributed by atoms with Gasteiger partial charge in [-0.15, -0.1) is 11.3 Å². The van der Waals surface area contributed by atoms with Crippen LogP contribution in [-0.2, 0) is 14.8 Å². The van der Waals surface area contributed by atoms with Crippen molar-refractivity contribution in [2.24, 2.45) is 0 Å². The van der Waals surface area contributed by atoms with Gasteiger partial charge in [0.05, 0.1) is 12.1 Å². The van der Waals surface area contributed by atoms with E-state index in [2.05, 4.69) is 14.9 Å². The van der Waals surface area contributed by atoms with E-state index in [0.717, 1.165) is 42.8 Å². The van der Waals surface area contributed by atoms with Gasteiger partial charge in [0, 0.05) is 11.6 Å². The van der Waals surface area contributed by atoms with E-state index in [4.69, 9.17) is 11.6 Å². The predicted molar refractivity (Wildman–Crippen MR) is 112 cm³/mol. The van der Waals surface area contributed by atoms with E-state index < -0.39 is 16.1 Å². The van der Waals surface area contributed by atoms with Crippen LogP contribution < -0.4 is 10.0 Å². The topological polar surface area (TPSA) is 78.5 Å². The van der Waals surface area contributed by atoms with Gasteiger partial charge < -0.3 is 5.32 Å². The van der Waals surface area contributed by atoms with Gasteiger partial charge in [-0.1, -0.05) is 29.8 Å². The van der Waals surface area contributed by atoms with Crippen LogP contribution in [0.1, 0.15) is 31.4 Å². The molecule has 1 saturated heterocycles. The van der Waals surface area contributed by atoms with E-state index in [1.54, 1.807) is 18.4 Å². The summed E-state index contributed by atoms with van der Waals surface area (Å²) in [5, 5.41) is 5.24. The lowest BCUT2D eigenvalue weighted by molar-refractivity contribution is -0.122. The molecule has 0 aliphatic carbocycles. The molecule has 0 saturated carbocycles. The predicted octanol–water partition coefficient (Wildman–Crippen LogP) is 3.02. The number of likely N-dealkylation sites (tertiary alicyclic amines) is 1. The van der Waals surface area contributed by atoms with Crippen molar-refractivity contribution >= 4 is 38.9 Å². The summed E-state index contributed by atoms with van der Waals surface area (Å²) >= 11 is 7.26. The summed E-state index contributed by atoms with van der Waals surface area (Å²) < 4.78 is 27.3. The number of sulfonamides is 1. The Morgan fingerprint density at radius 3 is 2.64 bits per heavy atom. The molecular formula is C19H24ClN3O3S2. The lowest BCUT2D eigenvalue weighted by atomic mass is 10.1. The highest BCUT2D eigenvalue weighted by Gasteiger charge is 2.26. The average Bonchev–Trinajstić information content (AvgIpc) is 3.36. The first kappa shape index (κ1) is 21.3. The van der Waals surface area contributed by atoms with Gasteiger partial charge in [-0.2, -0.15) is 4.72 Å². The summed E-state index contributed by atoms with van der Waals surface area (Å²) in [6.07, 6.45) is 2.25. The third-order valence-corrected chi connectivity index (χ3v) is 7.94. The van der Waals surface area contributed by atoms with Gasteiger partial charge in [0.15, 0.2) is 0 Å². The van der Waals surface area contributed by atoms with Gasteiger partial charge in [0.1, 0.15) is 4.21 Å². The van der Waals surface area contributed by atoms with Crippen molar-refractivity contribution < 1.29 is 13.2 Å². The molecule has 1 aliphatic heterocycles. The number of hydrogen-bond acceptors (Lipinski definition) is 5. The second-order valence-electron chi connectivity index (χ2n) is 6.83. The third kappa shape index (κ3) is 5.33. The van der Waals surface area contributed by atoms with Crippen LogP contribution in [0, 0.1) is 0 Å². The molecule has 0 bridgehead atoms. The second-order valence-corrected chi connectivity index (χ2v) is 10.2. The van der Waals surface area contributed by atoms with E-state index in [0.29, 0.717) is 11.6 Å². The number of nitrogens with one attached hydrogen (secondary N) is 2. The van der Waals surface area contributed by atoms with E-state index >= 15 is 0 Å². The Morgan fingerprint density at radius 2 is 2.00 bits per heavy atom. The minimum atomic E-state index is -3.69. The number of carbonyl (C=O) groups is 1. The highest BCUT2D eigenvalue weighted by atomic mass is 35.5. The fraction of sp³-hybridized carbons (Fsp3) is 0.421. The Morgan fingerprint density at radius 1 is 1.25 bits per heavy atom. The number of rotatable bonds is 8. The first-order valence-electron chi connectivity index (χ1n) is 9.20. The number of benzene rings is 1. The van der Waals surface area contributed by atoms with Crippen molar-refractivity contribution in [3.8, 4) is 0 Å². The Labute approximate surface area is 174 Å². The van der Waals surface area contributed by atoms with Crippen molar-refractivity contribution in [2.75, 3.05) is 19.6 Å². The number of amides is 1. The minimum Gasteiger partial charge on any atom is -0.353 e. The average molecular weight is 442 g/mol. The van der Waals surface area contributed by atoms with Gasteiger partial charge in [0.25, 0.3) is 10.0 Å². The van der Waals surface area contributed by atoms with E-state index in [1.165, 1.54) is 6.07 Å². The lowest BCUT2D eigenvalue weighted by Crippen LogP contribution is -2.46. The lowest BCUT2D eigenvalue weighted by Gasteiger charge is -2.29. The zero-order valence-corrected chi connectivity index (χ0v) is 18.0. The molecule has 2 heterocycles. The molecule has 3 rings (SSSR count). The molecule has 1 aromatic heterocycles. The maximum atomic E-state index is 12.5. The number of carbonyl (C=O) groups excluding carboxylic acids is 1. The normalized spacial score (nSPS) is 17.4. The zero-order valence-electron chi connectivity index (χ0n) is 15.6. The molecule has 152 valence electrons. The Hall–Kier alpha value is -1.45. The molecule has 0 spiro atoms. The summed E-state index contributed by atoms with van der Waals surface area (Å²) in [4.78, 5) is 14.9. The molecule has 2 N–H and O–H groups in total. The quantitative estimate of drug-likeness (QED) is 0.660. The fourth-order valence-electron chi connectivity index (χ4n) is 3.34. The van der Waals surface area contributed by atoms with Crippen LogP contribution in [0.25, 0.3) is 0 Å². The standard InChI is InChI=1S/C19H24ClN3O3S2/c1-14(22-28(25,26)18-8-5-11-27-18)19(24)21-13-17(23-9-2-3-10-23)15-6-4-7-16(20)12-15/h4-8,11-12,14,17,22H,2-3,9-10,13H2,1H3,(H,21,24). The van der Waals surface area contributed by atoms with Gasteiger partial charge in [0.2, 0.25) is 5.91 Å². The van der Waals surface area contributed by atoms with Crippen molar-refractivity contribution in [1.82, 2.24) is 14.9 Å². The molecule has 0 radical (unpaired) electrons. The molecule has 28 heavy (non-hydrogen) atoms. The summed E-state index contributed by atoms with van der Waals surface area (Å²) in [6, 6.07) is 9.96. The van der Waals surface area contributed by atoms with Crippen LogP contribution in [0.5, 0.6) is 0 Å². The molecule has 2 atom stereocenters. The number of nitrogens with zero attached hydrogens (tertiary/aromatic N) is 1. The van der Waals surface area contributed by atoms with Gasteiger partial charge in [-0.05, 0) is 62.0 Å². The zero-order chi connectivity index (χ0) is 20.1. The van der Waals surface area contributed by atoms with Crippen LogP contribution in [0.3, 0.4) is 0 Å². The molecule has 1 amide bonds. The Bertz CT molecular complexity index is 897. The molecular weight excluding hydrogens is 418 g/mol. The Balaban J connectivity index is 1.64. The van der Waals surface area contributed by atoms with Crippen LogP contribution >= 0.6 is 22.9 Å². The highest BCUT2D eigenvalue weighted by Crippen LogP contribution is 2.26. The SMILES string of the molecule is CC(NS(=O)(=O)c1cccs1)C(=O)NCC(c1cccc(Cl)c1)N1CCCC1. The minimum absolute atomic E-state index is 0.00579. The molecule has 1 aromatic carbocycles. The summed E-state index contributed by atoms with van der Waals surface area (Å²) in [7, 11) is -3.69.